The fourth-order valence-corrected chi connectivity index (χ4v) is 1.84. The first-order valence-corrected chi connectivity index (χ1v) is 6.12. The maximum absolute atomic E-state index is 4.44. The van der Waals surface area contributed by atoms with E-state index in [1.807, 2.05) is 12.1 Å². The summed E-state index contributed by atoms with van der Waals surface area (Å²) in [6.07, 6.45) is 11.7. The zero-order valence-corrected chi connectivity index (χ0v) is 10.1. The van der Waals surface area contributed by atoms with Crippen LogP contribution in [0.15, 0.2) is 36.9 Å². The van der Waals surface area contributed by atoms with Crippen LogP contribution in [0.1, 0.15) is 31.9 Å². The number of aryl methyl sites for hydroxylation is 1. The quantitative estimate of drug-likeness (QED) is 0.736. The second kappa shape index (κ2) is 6.09. The van der Waals surface area contributed by atoms with E-state index in [9.17, 15) is 0 Å². The zero-order chi connectivity index (χ0) is 11.9. The Kier molecular flexibility index (Phi) is 4.19. The first-order valence-electron chi connectivity index (χ1n) is 6.12. The maximum atomic E-state index is 4.44. The monoisotopic (exact) mass is 227 g/mol. The SMILES string of the molecule is CCCCCc1nccnc1-c1ccncc1. The molecular weight excluding hydrogens is 210 g/mol. The van der Waals surface area contributed by atoms with Crippen LogP contribution in [0.5, 0.6) is 0 Å². The molecule has 0 bridgehead atoms. The molecule has 2 aromatic heterocycles. The van der Waals surface area contributed by atoms with Crippen LogP contribution in [0.2, 0.25) is 0 Å². The van der Waals surface area contributed by atoms with Crippen molar-refractivity contribution in [2.45, 2.75) is 32.6 Å². The van der Waals surface area contributed by atoms with E-state index in [0.717, 1.165) is 23.4 Å². The molecule has 88 valence electrons. The number of unbranched alkanes of at least 4 members (excludes halogenated alkanes) is 2. The van der Waals surface area contributed by atoms with Gasteiger partial charge in [0.2, 0.25) is 0 Å². The minimum Gasteiger partial charge on any atom is -0.265 e. The van der Waals surface area contributed by atoms with Crippen LogP contribution in [-0.4, -0.2) is 15.0 Å². The van der Waals surface area contributed by atoms with Crippen molar-refractivity contribution < 1.29 is 0 Å². The molecular formula is C14H17N3. The summed E-state index contributed by atoms with van der Waals surface area (Å²) in [5.41, 5.74) is 3.18. The highest BCUT2D eigenvalue weighted by atomic mass is 14.8. The van der Waals surface area contributed by atoms with E-state index in [4.69, 9.17) is 0 Å². The molecule has 0 unspecified atom stereocenters. The number of rotatable bonds is 5. The molecule has 3 nitrogen and oxygen atoms in total. The van der Waals surface area contributed by atoms with Crippen molar-refractivity contribution >= 4 is 0 Å². The van der Waals surface area contributed by atoms with Crippen molar-refractivity contribution in [3.8, 4) is 11.3 Å². The number of hydrogen-bond donors (Lipinski definition) is 0. The van der Waals surface area contributed by atoms with E-state index >= 15 is 0 Å². The summed E-state index contributed by atoms with van der Waals surface area (Å²) >= 11 is 0. The second-order valence-corrected chi connectivity index (χ2v) is 4.04. The third kappa shape index (κ3) is 3.09. The van der Waals surface area contributed by atoms with Gasteiger partial charge in [-0.3, -0.25) is 15.0 Å². The van der Waals surface area contributed by atoms with Gasteiger partial charge in [-0.1, -0.05) is 19.8 Å². The maximum Gasteiger partial charge on any atom is 0.0918 e. The van der Waals surface area contributed by atoms with E-state index in [0.29, 0.717) is 0 Å². The predicted octanol–water partition coefficient (Wildman–Crippen LogP) is 3.27. The number of nitrogens with zero attached hydrogens (tertiary/aromatic N) is 3. The molecule has 0 fully saturated rings. The highest BCUT2D eigenvalue weighted by Gasteiger charge is 2.06. The third-order valence-corrected chi connectivity index (χ3v) is 2.74. The van der Waals surface area contributed by atoms with Crippen molar-refractivity contribution in [3.63, 3.8) is 0 Å². The van der Waals surface area contributed by atoms with Gasteiger partial charge < -0.3 is 0 Å². The Hall–Kier alpha value is -1.77. The fourth-order valence-electron chi connectivity index (χ4n) is 1.84. The normalized spacial score (nSPS) is 10.4. The van der Waals surface area contributed by atoms with Gasteiger partial charge in [-0.15, -0.1) is 0 Å². The topological polar surface area (TPSA) is 38.7 Å². The van der Waals surface area contributed by atoms with E-state index in [-0.39, 0.29) is 0 Å². The number of hydrogen-bond acceptors (Lipinski definition) is 3. The second-order valence-electron chi connectivity index (χ2n) is 4.04. The van der Waals surface area contributed by atoms with Gasteiger partial charge >= 0.3 is 0 Å². The van der Waals surface area contributed by atoms with Crippen molar-refractivity contribution in [2.75, 3.05) is 0 Å². The Labute approximate surface area is 102 Å². The van der Waals surface area contributed by atoms with Crippen LogP contribution >= 0.6 is 0 Å². The van der Waals surface area contributed by atoms with E-state index in [1.54, 1.807) is 24.8 Å². The molecule has 0 aliphatic rings. The third-order valence-electron chi connectivity index (χ3n) is 2.74. The van der Waals surface area contributed by atoms with Gasteiger partial charge in [0.1, 0.15) is 0 Å². The summed E-state index contributed by atoms with van der Waals surface area (Å²) in [5, 5.41) is 0. The van der Waals surface area contributed by atoms with Gasteiger partial charge in [0, 0.05) is 30.4 Å². The van der Waals surface area contributed by atoms with E-state index in [2.05, 4.69) is 21.9 Å². The van der Waals surface area contributed by atoms with Gasteiger partial charge in [-0.05, 0) is 25.0 Å². The van der Waals surface area contributed by atoms with Crippen LogP contribution in [0.4, 0.5) is 0 Å². The molecule has 0 radical (unpaired) electrons. The lowest BCUT2D eigenvalue weighted by Crippen LogP contribution is -1.97. The lowest BCUT2D eigenvalue weighted by molar-refractivity contribution is 0.706. The predicted molar refractivity (Wildman–Crippen MR) is 68.5 cm³/mol. The summed E-state index contributed by atoms with van der Waals surface area (Å²) in [7, 11) is 0. The van der Waals surface area contributed by atoms with Crippen LogP contribution in [0.25, 0.3) is 11.3 Å². The molecule has 17 heavy (non-hydrogen) atoms. The summed E-state index contributed by atoms with van der Waals surface area (Å²) in [5.74, 6) is 0. The Morgan fingerprint density at radius 2 is 1.71 bits per heavy atom. The highest BCUT2D eigenvalue weighted by molar-refractivity contribution is 5.60. The minimum atomic E-state index is 0.992. The molecule has 0 aliphatic carbocycles. The Morgan fingerprint density at radius 1 is 0.941 bits per heavy atom. The number of pyridine rings is 1. The molecule has 0 amide bonds. The van der Waals surface area contributed by atoms with Crippen LogP contribution < -0.4 is 0 Å². The summed E-state index contributed by atoms with van der Waals surface area (Å²) in [4.78, 5) is 12.9. The van der Waals surface area contributed by atoms with Crippen molar-refractivity contribution in [1.82, 2.24) is 15.0 Å². The smallest absolute Gasteiger partial charge is 0.0918 e. The molecule has 0 aliphatic heterocycles. The van der Waals surface area contributed by atoms with Gasteiger partial charge in [0.05, 0.1) is 11.4 Å². The Balaban J connectivity index is 2.22. The molecule has 2 rings (SSSR count). The lowest BCUT2D eigenvalue weighted by Gasteiger charge is -2.06. The minimum absolute atomic E-state index is 0.992. The van der Waals surface area contributed by atoms with Gasteiger partial charge in [0.25, 0.3) is 0 Å². The van der Waals surface area contributed by atoms with Crippen molar-refractivity contribution in [1.29, 1.82) is 0 Å². The molecule has 2 aromatic rings. The lowest BCUT2D eigenvalue weighted by atomic mass is 10.1. The molecule has 0 N–H and O–H groups in total. The van der Waals surface area contributed by atoms with Crippen LogP contribution in [0.3, 0.4) is 0 Å². The molecule has 0 spiro atoms. The van der Waals surface area contributed by atoms with Crippen molar-refractivity contribution in [2.24, 2.45) is 0 Å². The standard InChI is InChI=1S/C14H17N3/c1-2-3-4-5-13-14(17-11-10-16-13)12-6-8-15-9-7-12/h6-11H,2-5H2,1H3. The average Bonchev–Trinajstić information content (AvgIpc) is 2.41. The highest BCUT2D eigenvalue weighted by Crippen LogP contribution is 2.20. The molecule has 0 saturated carbocycles. The Morgan fingerprint density at radius 3 is 2.47 bits per heavy atom. The van der Waals surface area contributed by atoms with Gasteiger partial charge in [0.15, 0.2) is 0 Å². The summed E-state index contributed by atoms with van der Waals surface area (Å²) in [6, 6.07) is 3.96. The fraction of sp³-hybridized carbons (Fsp3) is 0.357. The first-order chi connectivity index (χ1) is 8.42. The number of aromatic nitrogens is 3. The first kappa shape index (κ1) is 11.7. The van der Waals surface area contributed by atoms with Crippen LogP contribution in [0, 0.1) is 0 Å². The molecule has 0 saturated heterocycles. The summed E-state index contributed by atoms with van der Waals surface area (Å²) in [6.45, 7) is 2.21. The largest absolute Gasteiger partial charge is 0.265 e. The van der Waals surface area contributed by atoms with Gasteiger partial charge in [-0.25, -0.2) is 0 Å². The van der Waals surface area contributed by atoms with Gasteiger partial charge in [-0.2, -0.15) is 0 Å². The van der Waals surface area contributed by atoms with E-state index in [1.165, 1.54) is 19.3 Å². The van der Waals surface area contributed by atoms with E-state index < -0.39 is 0 Å². The van der Waals surface area contributed by atoms with Crippen LogP contribution in [-0.2, 0) is 6.42 Å². The molecule has 0 atom stereocenters. The molecule has 3 heteroatoms. The average molecular weight is 227 g/mol. The Bertz CT molecular complexity index is 454. The summed E-state index contributed by atoms with van der Waals surface area (Å²) < 4.78 is 0. The van der Waals surface area contributed by atoms with Crippen molar-refractivity contribution in [3.05, 3.63) is 42.6 Å². The zero-order valence-electron chi connectivity index (χ0n) is 10.1. The molecule has 0 aromatic carbocycles. The molecule has 2 heterocycles.